The van der Waals surface area contributed by atoms with E-state index in [9.17, 15) is 4.79 Å². The molecule has 0 aliphatic carbocycles. The molecule has 1 N–H and O–H groups in total. The summed E-state index contributed by atoms with van der Waals surface area (Å²) in [6, 6.07) is 7.63. The van der Waals surface area contributed by atoms with E-state index in [2.05, 4.69) is 10.3 Å². The molecule has 0 spiro atoms. The molecule has 3 nitrogen and oxygen atoms in total. The van der Waals surface area contributed by atoms with Crippen LogP contribution in [0.5, 0.6) is 0 Å². The molecule has 0 aliphatic heterocycles. The highest BCUT2D eigenvalue weighted by atomic mass is 35.5. The Bertz CT molecular complexity index is 551. The van der Waals surface area contributed by atoms with Crippen LogP contribution < -0.4 is 5.32 Å². The van der Waals surface area contributed by atoms with Crippen molar-refractivity contribution in [3.63, 3.8) is 0 Å². The van der Waals surface area contributed by atoms with Crippen LogP contribution in [0.4, 0.5) is 5.13 Å². The lowest BCUT2D eigenvalue weighted by Gasteiger charge is -2.00. The van der Waals surface area contributed by atoms with E-state index in [0.717, 1.165) is 34.4 Å². The maximum atomic E-state index is 10.8. The van der Waals surface area contributed by atoms with E-state index < -0.39 is 0 Å². The normalized spacial score (nSPS) is 10.4. The predicted molar refractivity (Wildman–Crippen MR) is 81.0 cm³/mol. The molecule has 0 aliphatic rings. The quantitative estimate of drug-likeness (QED) is 0.810. The lowest BCUT2D eigenvalue weighted by atomic mass is 10.2. The largest absolute Gasteiger partial charge is 0.361 e. The summed E-state index contributed by atoms with van der Waals surface area (Å²) in [6.07, 6.45) is 1.45. The number of ketones is 1. The smallest absolute Gasteiger partial charge is 0.183 e. The van der Waals surface area contributed by atoms with E-state index in [1.165, 1.54) is 0 Å². The van der Waals surface area contributed by atoms with Crippen LogP contribution in [0.3, 0.4) is 0 Å². The molecule has 0 saturated carbocycles. The Kier molecular flexibility index (Phi) is 4.93. The van der Waals surface area contributed by atoms with Gasteiger partial charge in [-0.15, -0.1) is 11.3 Å². The Labute approximate surface area is 121 Å². The molecule has 0 saturated heterocycles. The van der Waals surface area contributed by atoms with Crippen LogP contribution >= 0.6 is 22.9 Å². The summed E-state index contributed by atoms with van der Waals surface area (Å²) in [7, 11) is 0. The first-order valence-electron chi connectivity index (χ1n) is 6.10. The maximum absolute atomic E-state index is 10.8. The number of thiazole rings is 1. The summed E-state index contributed by atoms with van der Waals surface area (Å²) < 4.78 is 0. The van der Waals surface area contributed by atoms with Gasteiger partial charge < -0.3 is 10.1 Å². The van der Waals surface area contributed by atoms with Gasteiger partial charge >= 0.3 is 0 Å². The summed E-state index contributed by atoms with van der Waals surface area (Å²) in [5.41, 5.74) is 1.99. The molecule has 2 rings (SSSR count). The van der Waals surface area contributed by atoms with E-state index >= 15 is 0 Å². The molecular formula is C14H15ClN2OS. The zero-order valence-electron chi connectivity index (χ0n) is 10.6. The van der Waals surface area contributed by atoms with Crippen LogP contribution in [0.25, 0.3) is 11.3 Å². The zero-order chi connectivity index (χ0) is 13.7. The number of hydrogen-bond acceptors (Lipinski definition) is 4. The average Bonchev–Trinajstić information content (AvgIpc) is 2.84. The molecule has 5 heteroatoms. The van der Waals surface area contributed by atoms with Crippen molar-refractivity contribution in [2.45, 2.75) is 19.8 Å². The van der Waals surface area contributed by atoms with Crippen LogP contribution in [-0.4, -0.2) is 17.3 Å². The van der Waals surface area contributed by atoms with Crippen LogP contribution in [0.2, 0.25) is 5.02 Å². The van der Waals surface area contributed by atoms with Gasteiger partial charge in [-0.3, -0.25) is 0 Å². The van der Waals surface area contributed by atoms with Gasteiger partial charge in [0.05, 0.1) is 5.69 Å². The van der Waals surface area contributed by atoms with E-state index in [1.54, 1.807) is 18.3 Å². The monoisotopic (exact) mass is 294 g/mol. The van der Waals surface area contributed by atoms with E-state index in [4.69, 9.17) is 11.6 Å². The number of rotatable bonds is 6. The molecular weight excluding hydrogens is 280 g/mol. The Balaban J connectivity index is 1.91. The number of Topliss-reactive ketones (excluding diaryl/α,β-unsaturated/α-hetero) is 1. The van der Waals surface area contributed by atoms with Gasteiger partial charge in [0.2, 0.25) is 0 Å². The number of anilines is 1. The molecule has 0 bridgehead atoms. The third kappa shape index (κ3) is 4.33. The molecule has 1 heterocycles. The summed E-state index contributed by atoms with van der Waals surface area (Å²) >= 11 is 7.42. The second kappa shape index (κ2) is 6.68. The Morgan fingerprint density at radius 3 is 2.79 bits per heavy atom. The highest BCUT2D eigenvalue weighted by molar-refractivity contribution is 7.14. The van der Waals surface area contributed by atoms with Crippen LogP contribution in [0.1, 0.15) is 19.8 Å². The van der Waals surface area contributed by atoms with E-state index in [-0.39, 0.29) is 5.78 Å². The van der Waals surface area contributed by atoms with Gasteiger partial charge in [0.25, 0.3) is 0 Å². The number of carbonyl (C=O) groups excluding carboxylic acids is 1. The molecule has 0 fully saturated rings. The van der Waals surface area contributed by atoms with Gasteiger partial charge in [-0.1, -0.05) is 23.7 Å². The number of carbonyl (C=O) groups is 1. The fourth-order valence-electron chi connectivity index (χ4n) is 1.64. The zero-order valence-corrected chi connectivity index (χ0v) is 12.2. The fourth-order valence-corrected chi connectivity index (χ4v) is 2.52. The first-order valence-corrected chi connectivity index (χ1v) is 7.35. The molecule has 2 aromatic rings. The molecule has 0 atom stereocenters. The van der Waals surface area contributed by atoms with Crippen molar-refractivity contribution in [2.24, 2.45) is 0 Å². The number of aromatic nitrogens is 1. The van der Waals surface area contributed by atoms with Gasteiger partial charge in [-0.25, -0.2) is 4.98 Å². The highest BCUT2D eigenvalue weighted by Crippen LogP contribution is 2.25. The number of nitrogens with zero attached hydrogens (tertiary/aromatic N) is 1. The van der Waals surface area contributed by atoms with Gasteiger partial charge in [0.15, 0.2) is 5.13 Å². The van der Waals surface area contributed by atoms with Gasteiger partial charge in [-0.05, 0) is 25.5 Å². The second-order valence-electron chi connectivity index (χ2n) is 4.28. The number of benzene rings is 1. The summed E-state index contributed by atoms with van der Waals surface area (Å²) in [5, 5.41) is 6.85. The van der Waals surface area contributed by atoms with Crippen LogP contribution in [0.15, 0.2) is 29.6 Å². The maximum Gasteiger partial charge on any atom is 0.183 e. The van der Waals surface area contributed by atoms with Crippen molar-refractivity contribution < 1.29 is 4.79 Å². The van der Waals surface area contributed by atoms with Gasteiger partial charge in [-0.2, -0.15) is 0 Å². The fraction of sp³-hybridized carbons (Fsp3) is 0.286. The molecule has 19 heavy (non-hydrogen) atoms. The number of hydrogen-bond donors (Lipinski definition) is 1. The minimum absolute atomic E-state index is 0.225. The van der Waals surface area contributed by atoms with Gasteiger partial charge in [0.1, 0.15) is 5.78 Å². The molecule has 0 amide bonds. The minimum atomic E-state index is 0.225. The standard InChI is InChI=1S/C14H15ClN2OS/c1-10(18)3-2-8-16-14-17-13(9-19-14)11-4-6-12(15)7-5-11/h4-7,9H,2-3,8H2,1H3,(H,16,17). The number of nitrogens with one attached hydrogen (secondary N) is 1. The third-order valence-corrected chi connectivity index (χ3v) is 3.68. The van der Waals surface area contributed by atoms with E-state index in [0.29, 0.717) is 6.42 Å². The van der Waals surface area contributed by atoms with Gasteiger partial charge in [0, 0.05) is 28.9 Å². The lowest BCUT2D eigenvalue weighted by Crippen LogP contribution is -2.03. The predicted octanol–water partition coefficient (Wildman–Crippen LogP) is 4.24. The third-order valence-electron chi connectivity index (χ3n) is 2.63. The Morgan fingerprint density at radius 2 is 2.11 bits per heavy atom. The Hall–Kier alpha value is -1.39. The second-order valence-corrected chi connectivity index (χ2v) is 5.57. The summed E-state index contributed by atoms with van der Waals surface area (Å²) in [4.78, 5) is 15.3. The van der Waals surface area contributed by atoms with Crippen molar-refractivity contribution in [3.8, 4) is 11.3 Å². The molecule has 0 radical (unpaired) electrons. The number of halogens is 1. The van der Waals surface area contributed by atoms with E-state index in [1.807, 2.05) is 29.6 Å². The van der Waals surface area contributed by atoms with Crippen LogP contribution in [-0.2, 0) is 4.79 Å². The molecule has 100 valence electrons. The topological polar surface area (TPSA) is 42.0 Å². The Morgan fingerprint density at radius 1 is 1.37 bits per heavy atom. The van der Waals surface area contributed by atoms with Crippen molar-refractivity contribution in [1.29, 1.82) is 0 Å². The molecule has 1 aromatic heterocycles. The lowest BCUT2D eigenvalue weighted by molar-refractivity contribution is -0.117. The SMILES string of the molecule is CC(=O)CCCNc1nc(-c2ccc(Cl)cc2)cs1. The molecule has 1 aromatic carbocycles. The summed E-state index contributed by atoms with van der Waals surface area (Å²) in [6.45, 7) is 2.38. The highest BCUT2D eigenvalue weighted by Gasteiger charge is 2.04. The average molecular weight is 295 g/mol. The molecule has 0 unspecified atom stereocenters. The first-order chi connectivity index (χ1) is 9.15. The van der Waals surface area contributed by atoms with Crippen molar-refractivity contribution >= 4 is 33.9 Å². The first kappa shape index (κ1) is 14.0. The van der Waals surface area contributed by atoms with Crippen molar-refractivity contribution in [1.82, 2.24) is 4.98 Å². The van der Waals surface area contributed by atoms with Crippen molar-refractivity contribution in [2.75, 3.05) is 11.9 Å². The van der Waals surface area contributed by atoms with Crippen molar-refractivity contribution in [3.05, 3.63) is 34.7 Å². The summed E-state index contributed by atoms with van der Waals surface area (Å²) in [5.74, 6) is 0.225. The minimum Gasteiger partial charge on any atom is -0.361 e. The van der Waals surface area contributed by atoms with Crippen LogP contribution in [0, 0.1) is 0 Å².